The summed E-state index contributed by atoms with van der Waals surface area (Å²) < 4.78 is 31.7. The predicted molar refractivity (Wildman–Crippen MR) is 79.3 cm³/mol. The van der Waals surface area contributed by atoms with Crippen LogP contribution in [0.2, 0.25) is 0 Å². The fraction of sp³-hybridized carbons (Fsp3) is 0.571. The van der Waals surface area contributed by atoms with Crippen LogP contribution in [0.1, 0.15) is 13.3 Å². The third kappa shape index (κ3) is 3.31. The van der Waals surface area contributed by atoms with Gasteiger partial charge in [-0.15, -0.1) is 0 Å². The second-order valence-corrected chi connectivity index (χ2v) is 6.97. The summed E-state index contributed by atoms with van der Waals surface area (Å²) in [7, 11) is -1.72. The van der Waals surface area contributed by atoms with Crippen molar-refractivity contribution in [1.29, 1.82) is 0 Å². The largest absolute Gasteiger partial charge is 0.385 e. The fourth-order valence-corrected chi connectivity index (χ4v) is 4.02. The minimum Gasteiger partial charge on any atom is -0.385 e. The van der Waals surface area contributed by atoms with Crippen LogP contribution in [-0.2, 0) is 14.8 Å². The highest BCUT2D eigenvalue weighted by Gasteiger charge is 2.32. The van der Waals surface area contributed by atoms with Gasteiger partial charge in [0.1, 0.15) is 0 Å². The molecule has 1 aromatic rings. The van der Waals surface area contributed by atoms with Crippen molar-refractivity contribution in [2.45, 2.75) is 18.2 Å². The molecule has 1 unspecified atom stereocenters. The Morgan fingerprint density at radius 1 is 1.35 bits per heavy atom. The lowest BCUT2D eigenvalue weighted by atomic mass is 10.1. The molecule has 0 bridgehead atoms. The van der Waals surface area contributed by atoms with Crippen LogP contribution >= 0.6 is 0 Å². The van der Waals surface area contributed by atoms with E-state index in [0.29, 0.717) is 30.5 Å². The van der Waals surface area contributed by atoms with Gasteiger partial charge in [0.25, 0.3) is 0 Å². The maximum absolute atomic E-state index is 12.5. The monoisotopic (exact) mass is 298 g/mol. The number of anilines is 1. The molecular weight excluding hydrogens is 276 g/mol. The average Bonchev–Trinajstić information content (AvgIpc) is 2.90. The highest BCUT2D eigenvalue weighted by atomic mass is 32.2. The highest BCUT2D eigenvalue weighted by molar-refractivity contribution is 7.89. The Labute approximate surface area is 121 Å². The minimum atomic E-state index is -3.37. The molecule has 0 radical (unpaired) electrons. The Morgan fingerprint density at radius 3 is 2.65 bits per heavy atom. The molecule has 20 heavy (non-hydrogen) atoms. The maximum atomic E-state index is 12.5. The van der Waals surface area contributed by atoms with E-state index in [4.69, 9.17) is 4.74 Å². The molecule has 1 aromatic carbocycles. The van der Waals surface area contributed by atoms with Crippen LogP contribution in [0, 0.1) is 5.92 Å². The van der Waals surface area contributed by atoms with Crippen LogP contribution in [-0.4, -0.2) is 46.1 Å². The zero-order valence-corrected chi connectivity index (χ0v) is 12.8. The summed E-state index contributed by atoms with van der Waals surface area (Å²) in [5.41, 5.74) is 0.935. The van der Waals surface area contributed by atoms with Crippen LogP contribution in [0.3, 0.4) is 0 Å². The molecule has 1 heterocycles. The van der Waals surface area contributed by atoms with Crippen LogP contribution in [0.4, 0.5) is 5.69 Å². The highest BCUT2D eigenvalue weighted by Crippen LogP contribution is 2.25. The van der Waals surface area contributed by atoms with Crippen molar-refractivity contribution in [2.24, 2.45) is 5.92 Å². The number of rotatable bonds is 6. The van der Waals surface area contributed by atoms with E-state index in [1.54, 1.807) is 35.7 Å². The van der Waals surface area contributed by atoms with Crippen LogP contribution in [0.15, 0.2) is 29.2 Å². The first-order valence-electron chi connectivity index (χ1n) is 6.91. The molecule has 1 aliphatic rings. The Kier molecular flexibility index (Phi) is 5.01. The third-order valence-corrected chi connectivity index (χ3v) is 5.40. The number of benzene rings is 1. The van der Waals surface area contributed by atoms with Gasteiger partial charge in [-0.1, -0.05) is 0 Å². The number of sulfonamides is 1. The molecule has 2 rings (SSSR count). The molecule has 0 saturated carbocycles. The lowest BCUT2D eigenvalue weighted by Crippen LogP contribution is -2.29. The quantitative estimate of drug-likeness (QED) is 0.869. The first kappa shape index (κ1) is 15.3. The van der Waals surface area contributed by atoms with E-state index >= 15 is 0 Å². The van der Waals surface area contributed by atoms with Gasteiger partial charge in [0.15, 0.2) is 0 Å². The molecule has 6 heteroatoms. The first-order chi connectivity index (χ1) is 9.57. The second kappa shape index (κ2) is 6.56. The molecule has 0 spiro atoms. The normalized spacial score (nSPS) is 20.2. The van der Waals surface area contributed by atoms with Crippen LogP contribution < -0.4 is 5.32 Å². The number of hydrogen-bond donors (Lipinski definition) is 1. The van der Waals surface area contributed by atoms with Crippen LogP contribution in [0.5, 0.6) is 0 Å². The van der Waals surface area contributed by atoms with E-state index in [-0.39, 0.29) is 0 Å². The molecule has 1 saturated heterocycles. The topological polar surface area (TPSA) is 58.6 Å². The van der Waals surface area contributed by atoms with Crippen molar-refractivity contribution in [3.8, 4) is 0 Å². The van der Waals surface area contributed by atoms with Crippen molar-refractivity contribution >= 4 is 15.7 Å². The Balaban J connectivity index is 2.10. The van der Waals surface area contributed by atoms with E-state index in [1.165, 1.54) is 0 Å². The summed E-state index contributed by atoms with van der Waals surface area (Å²) in [4.78, 5) is 0.359. The summed E-state index contributed by atoms with van der Waals surface area (Å²) >= 11 is 0. The summed E-state index contributed by atoms with van der Waals surface area (Å²) in [5.74, 6) is 0.302. The Bertz CT molecular complexity index is 528. The van der Waals surface area contributed by atoms with Crippen molar-refractivity contribution in [3.63, 3.8) is 0 Å². The van der Waals surface area contributed by atoms with Gasteiger partial charge in [0, 0.05) is 32.4 Å². The van der Waals surface area contributed by atoms with E-state index in [2.05, 4.69) is 5.32 Å². The summed E-state index contributed by atoms with van der Waals surface area (Å²) in [6.07, 6.45) is 0.864. The molecule has 0 aliphatic carbocycles. The lowest BCUT2D eigenvalue weighted by molar-refractivity contribution is 0.157. The lowest BCUT2D eigenvalue weighted by Gasteiger charge is -2.17. The number of methoxy groups -OCH3 is 1. The second-order valence-electron chi connectivity index (χ2n) is 5.03. The first-order valence-corrected chi connectivity index (χ1v) is 8.35. The van der Waals surface area contributed by atoms with Gasteiger partial charge < -0.3 is 10.1 Å². The predicted octanol–water partition coefficient (Wildman–Crippen LogP) is 1.78. The van der Waals surface area contributed by atoms with Gasteiger partial charge in [-0.3, -0.25) is 0 Å². The van der Waals surface area contributed by atoms with Crippen molar-refractivity contribution < 1.29 is 13.2 Å². The van der Waals surface area contributed by atoms with Gasteiger partial charge in [-0.2, -0.15) is 4.31 Å². The van der Waals surface area contributed by atoms with E-state index in [9.17, 15) is 8.42 Å². The van der Waals surface area contributed by atoms with Gasteiger partial charge in [-0.25, -0.2) is 8.42 Å². The smallest absolute Gasteiger partial charge is 0.243 e. The molecule has 1 fully saturated rings. The number of nitrogens with one attached hydrogen (secondary N) is 1. The van der Waals surface area contributed by atoms with Gasteiger partial charge in [0.2, 0.25) is 10.0 Å². The van der Waals surface area contributed by atoms with Crippen molar-refractivity contribution in [2.75, 3.05) is 38.7 Å². The van der Waals surface area contributed by atoms with Crippen molar-refractivity contribution in [3.05, 3.63) is 24.3 Å². The zero-order chi connectivity index (χ0) is 14.6. The molecule has 1 atom stereocenters. The maximum Gasteiger partial charge on any atom is 0.243 e. The van der Waals surface area contributed by atoms with Gasteiger partial charge in [-0.05, 0) is 43.5 Å². The van der Waals surface area contributed by atoms with E-state index in [1.807, 2.05) is 6.92 Å². The molecule has 1 N–H and O–H groups in total. The SMILES string of the molecule is CCNc1ccc(S(=O)(=O)N2CCC(COC)C2)cc1. The zero-order valence-electron chi connectivity index (χ0n) is 12.0. The van der Waals surface area contributed by atoms with Gasteiger partial charge in [0.05, 0.1) is 11.5 Å². The molecular formula is C14H22N2O3S. The fourth-order valence-electron chi connectivity index (χ4n) is 2.49. The molecule has 0 amide bonds. The summed E-state index contributed by atoms with van der Waals surface area (Å²) in [6, 6.07) is 6.94. The Hall–Kier alpha value is -1.11. The minimum absolute atomic E-state index is 0.302. The van der Waals surface area contributed by atoms with E-state index in [0.717, 1.165) is 18.7 Å². The van der Waals surface area contributed by atoms with Gasteiger partial charge >= 0.3 is 0 Å². The molecule has 1 aliphatic heterocycles. The Morgan fingerprint density at radius 2 is 2.05 bits per heavy atom. The molecule has 5 nitrogen and oxygen atoms in total. The van der Waals surface area contributed by atoms with Crippen molar-refractivity contribution in [1.82, 2.24) is 4.31 Å². The summed E-state index contributed by atoms with van der Waals surface area (Å²) in [5, 5.41) is 3.15. The number of ether oxygens (including phenoxy) is 1. The summed E-state index contributed by atoms with van der Waals surface area (Å²) in [6.45, 7) is 4.56. The van der Waals surface area contributed by atoms with E-state index < -0.39 is 10.0 Å². The average molecular weight is 298 g/mol. The third-order valence-electron chi connectivity index (χ3n) is 3.52. The molecule has 0 aromatic heterocycles. The number of nitrogens with zero attached hydrogens (tertiary/aromatic N) is 1. The molecule has 112 valence electrons. The standard InChI is InChI=1S/C14H22N2O3S/c1-3-15-13-4-6-14(7-5-13)20(17,18)16-9-8-12(10-16)11-19-2/h4-7,12,15H,3,8-11H2,1-2H3. The van der Waals surface area contributed by atoms with Crippen LogP contribution in [0.25, 0.3) is 0 Å². The number of hydrogen-bond acceptors (Lipinski definition) is 4.